The summed E-state index contributed by atoms with van der Waals surface area (Å²) in [7, 11) is 0. The van der Waals surface area contributed by atoms with Crippen LogP contribution in [-0.2, 0) is 16.2 Å². The summed E-state index contributed by atoms with van der Waals surface area (Å²) >= 11 is 0. The first kappa shape index (κ1) is 13.6. The summed E-state index contributed by atoms with van der Waals surface area (Å²) in [6.45, 7) is 19.9. The third-order valence-electron chi connectivity index (χ3n) is 3.35. The van der Waals surface area contributed by atoms with Crippen LogP contribution in [0.25, 0.3) is 0 Å². The summed E-state index contributed by atoms with van der Waals surface area (Å²) in [6, 6.07) is 5.18. The van der Waals surface area contributed by atoms with E-state index in [-0.39, 0.29) is 16.2 Å². The molecule has 0 radical (unpaired) electrons. The molecule has 0 fully saturated rings. The van der Waals surface area contributed by atoms with Crippen molar-refractivity contribution in [2.45, 2.75) is 78.6 Å². The molecule has 102 valence electrons. The second-order valence-electron chi connectivity index (χ2n) is 8.45. The second kappa shape index (κ2) is 4.40. The molecule has 1 aromatic rings. The van der Waals surface area contributed by atoms with Crippen molar-refractivity contribution < 1.29 is 1.37 Å². The van der Waals surface area contributed by atoms with Gasteiger partial charge in [0.05, 0.1) is 1.37 Å². The second-order valence-corrected chi connectivity index (χ2v) is 8.45. The third-order valence-corrected chi connectivity index (χ3v) is 3.35. The lowest BCUT2D eigenvalue weighted by Crippen LogP contribution is -2.20. The van der Waals surface area contributed by atoms with Crippen molar-refractivity contribution in [3.63, 3.8) is 0 Å². The molecule has 1 aromatic carbocycles. The SMILES string of the molecule is [2H]c1c(C(C)(C)C)cc(C(C)(C)C)cc1C(C)(C)C. The van der Waals surface area contributed by atoms with Crippen molar-refractivity contribution in [3.8, 4) is 0 Å². The van der Waals surface area contributed by atoms with Crippen LogP contribution >= 0.6 is 0 Å². The molecule has 0 aromatic heterocycles. The van der Waals surface area contributed by atoms with Gasteiger partial charge in [-0.3, -0.25) is 0 Å². The van der Waals surface area contributed by atoms with E-state index in [1.165, 1.54) is 5.56 Å². The normalized spacial score (nSPS) is 14.6. The maximum atomic E-state index is 8.56. The molecule has 0 heterocycles. The lowest BCUT2D eigenvalue weighted by molar-refractivity contribution is 0.548. The van der Waals surface area contributed by atoms with Gasteiger partial charge in [-0.15, -0.1) is 0 Å². The first-order valence-electron chi connectivity index (χ1n) is 7.40. The van der Waals surface area contributed by atoms with Gasteiger partial charge in [-0.2, -0.15) is 0 Å². The van der Waals surface area contributed by atoms with E-state index in [0.717, 1.165) is 11.1 Å². The summed E-state index contributed by atoms with van der Waals surface area (Å²) in [5.41, 5.74) is 3.79. The zero-order chi connectivity index (χ0) is 15.2. The lowest BCUT2D eigenvalue weighted by atomic mass is 9.76. The molecule has 0 nitrogen and oxygen atoms in total. The van der Waals surface area contributed by atoms with Crippen LogP contribution in [0.3, 0.4) is 0 Å². The van der Waals surface area contributed by atoms with E-state index >= 15 is 0 Å². The van der Waals surface area contributed by atoms with Crippen LogP contribution in [0.1, 0.15) is 80.4 Å². The average molecular weight is 247 g/mol. The van der Waals surface area contributed by atoms with Crippen LogP contribution in [0.15, 0.2) is 18.2 Å². The quantitative estimate of drug-likeness (QED) is 0.561. The summed E-state index contributed by atoms with van der Waals surface area (Å²) in [4.78, 5) is 0. The van der Waals surface area contributed by atoms with Crippen LogP contribution in [0, 0.1) is 0 Å². The Balaban J connectivity index is 3.68. The van der Waals surface area contributed by atoms with Gasteiger partial charge in [0, 0.05) is 0 Å². The van der Waals surface area contributed by atoms with Gasteiger partial charge in [-0.25, -0.2) is 0 Å². The molecular weight excluding hydrogens is 216 g/mol. The van der Waals surface area contributed by atoms with Crippen molar-refractivity contribution in [1.82, 2.24) is 0 Å². The number of rotatable bonds is 0. The Morgan fingerprint density at radius 1 is 0.611 bits per heavy atom. The van der Waals surface area contributed by atoms with Crippen molar-refractivity contribution in [3.05, 3.63) is 34.9 Å². The summed E-state index contributed by atoms with van der Waals surface area (Å²) in [5.74, 6) is 0. The predicted molar refractivity (Wildman–Crippen MR) is 82.5 cm³/mol. The highest BCUT2D eigenvalue weighted by atomic mass is 14.3. The van der Waals surface area contributed by atoms with Crippen LogP contribution in [0.4, 0.5) is 0 Å². The highest BCUT2D eigenvalue weighted by molar-refractivity contribution is 5.39. The highest BCUT2D eigenvalue weighted by Gasteiger charge is 2.23. The van der Waals surface area contributed by atoms with Gasteiger partial charge in [-0.1, -0.05) is 80.5 Å². The fourth-order valence-corrected chi connectivity index (χ4v) is 1.81. The summed E-state index contributed by atoms with van der Waals surface area (Å²) in [6.07, 6.45) is 0. The Morgan fingerprint density at radius 2 is 0.889 bits per heavy atom. The molecule has 0 saturated heterocycles. The molecule has 0 N–H and O–H groups in total. The minimum absolute atomic E-state index is 0.0122. The average Bonchev–Trinajstić information content (AvgIpc) is 2.11. The Kier molecular flexibility index (Phi) is 3.34. The Hall–Kier alpha value is -0.780. The van der Waals surface area contributed by atoms with Crippen LogP contribution in [0.2, 0.25) is 0 Å². The summed E-state index contributed by atoms with van der Waals surface area (Å²) in [5, 5.41) is 0. The van der Waals surface area contributed by atoms with E-state index in [0.29, 0.717) is 6.04 Å². The van der Waals surface area contributed by atoms with Gasteiger partial charge in [0.1, 0.15) is 0 Å². The summed E-state index contributed by atoms with van der Waals surface area (Å²) < 4.78 is 8.56. The van der Waals surface area contributed by atoms with E-state index in [4.69, 9.17) is 1.37 Å². The molecule has 0 heteroatoms. The zero-order valence-corrected chi connectivity index (χ0v) is 13.7. The topological polar surface area (TPSA) is 0 Å². The van der Waals surface area contributed by atoms with E-state index in [9.17, 15) is 0 Å². The van der Waals surface area contributed by atoms with Crippen molar-refractivity contribution in [2.75, 3.05) is 0 Å². The minimum atomic E-state index is 0.0122. The van der Waals surface area contributed by atoms with Gasteiger partial charge in [0.2, 0.25) is 0 Å². The number of hydrogen-bond donors (Lipinski definition) is 0. The Labute approximate surface area is 115 Å². The molecule has 0 spiro atoms. The van der Waals surface area contributed by atoms with Crippen LogP contribution in [0.5, 0.6) is 0 Å². The molecular formula is C18H30. The van der Waals surface area contributed by atoms with Crippen LogP contribution < -0.4 is 0 Å². The predicted octanol–water partition coefficient (Wildman–Crippen LogP) is 5.58. The highest BCUT2D eigenvalue weighted by Crippen LogP contribution is 2.34. The first-order chi connectivity index (χ1) is 8.24. The lowest BCUT2D eigenvalue weighted by Gasteiger charge is -2.29. The minimum Gasteiger partial charge on any atom is -0.0561 e. The van der Waals surface area contributed by atoms with E-state index < -0.39 is 0 Å². The number of hydrogen-bond acceptors (Lipinski definition) is 0. The van der Waals surface area contributed by atoms with Gasteiger partial charge < -0.3 is 0 Å². The molecule has 0 aliphatic heterocycles. The van der Waals surface area contributed by atoms with E-state index in [2.05, 4.69) is 74.4 Å². The molecule has 18 heavy (non-hydrogen) atoms. The fourth-order valence-electron chi connectivity index (χ4n) is 1.81. The fraction of sp³-hybridized carbons (Fsp3) is 0.667. The molecule has 0 atom stereocenters. The van der Waals surface area contributed by atoms with Gasteiger partial charge >= 0.3 is 0 Å². The standard InChI is InChI=1S/C18H30/c1-16(2,3)13-10-14(17(4,5)6)12-15(11-13)18(7,8)9/h10-12H,1-9H3/i10D. The van der Waals surface area contributed by atoms with Crippen molar-refractivity contribution >= 4 is 0 Å². The molecule has 0 bridgehead atoms. The Morgan fingerprint density at radius 3 is 1.11 bits per heavy atom. The maximum Gasteiger partial charge on any atom is 0.0629 e. The molecule has 0 amide bonds. The largest absolute Gasteiger partial charge is 0.0629 e. The van der Waals surface area contributed by atoms with E-state index in [1.807, 2.05) is 0 Å². The Bertz CT molecular complexity index is 427. The van der Waals surface area contributed by atoms with Crippen molar-refractivity contribution in [2.24, 2.45) is 0 Å². The van der Waals surface area contributed by atoms with Crippen LogP contribution in [-0.4, -0.2) is 0 Å². The number of benzene rings is 1. The molecule has 0 saturated carbocycles. The van der Waals surface area contributed by atoms with E-state index in [1.54, 1.807) is 0 Å². The maximum absolute atomic E-state index is 8.56. The molecule has 0 unspecified atom stereocenters. The van der Waals surface area contributed by atoms with Crippen molar-refractivity contribution in [1.29, 1.82) is 0 Å². The molecule has 0 aliphatic carbocycles. The molecule has 0 aliphatic rings. The first-order valence-corrected chi connectivity index (χ1v) is 6.90. The third kappa shape index (κ3) is 3.60. The van der Waals surface area contributed by atoms with Gasteiger partial charge in [-0.05, 0) is 32.9 Å². The zero-order valence-electron chi connectivity index (χ0n) is 14.7. The van der Waals surface area contributed by atoms with Gasteiger partial charge in [0.15, 0.2) is 0 Å². The van der Waals surface area contributed by atoms with Gasteiger partial charge in [0.25, 0.3) is 0 Å². The monoisotopic (exact) mass is 247 g/mol. The smallest absolute Gasteiger partial charge is 0.0561 e. The molecule has 1 rings (SSSR count).